The quantitative estimate of drug-likeness (QED) is 0.658. The first-order chi connectivity index (χ1) is 13.6. The fraction of sp³-hybridized carbons (Fsp3) is 0.600. The number of likely N-dealkylation sites (N-methyl/N-ethyl adjacent to an activating group) is 1. The highest BCUT2D eigenvalue weighted by atomic mass is 32.1. The summed E-state index contributed by atoms with van der Waals surface area (Å²) in [6.07, 6.45) is 0. The Balaban J connectivity index is 1.60. The summed E-state index contributed by atoms with van der Waals surface area (Å²) in [5.74, 6) is 1.09. The standard InChI is InChI=1S/C20H29N3O4S/c1-3-21-6-8-23(9-7-21)20(28)16-4-5-17(18(14-16)25-2)27-15-19(24)22-10-12-26-13-11-22/h4-5,14H,3,6-13,15H2,1-2H3. The second-order valence-corrected chi connectivity index (χ2v) is 7.26. The maximum atomic E-state index is 12.3. The first kappa shape index (κ1) is 20.8. The molecule has 2 saturated heterocycles. The maximum absolute atomic E-state index is 12.3. The summed E-state index contributed by atoms with van der Waals surface area (Å²) < 4.78 is 16.5. The minimum Gasteiger partial charge on any atom is -0.493 e. The van der Waals surface area contributed by atoms with Gasteiger partial charge in [-0.1, -0.05) is 19.1 Å². The average molecular weight is 408 g/mol. The molecule has 0 aromatic heterocycles. The first-order valence-corrected chi connectivity index (χ1v) is 10.2. The van der Waals surface area contributed by atoms with E-state index in [0.29, 0.717) is 37.8 Å². The number of carbonyl (C=O) groups is 1. The van der Waals surface area contributed by atoms with Gasteiger partial charge in [-0.3, -0.25) is 4.79 Å². The molecule has 0 bridgehead atoms. The molecule has 0 N–H and O–H groups in total. The van der Waals surface area contributed by atoms with Crippen LogP contribution in [0.2, 0.25) is 0 Å². The molecule has 1 aromatic carbocycles. The summed E-state index contributed by atoms with van der Waals surface area (Å²) >= 11 is 5.70. The van der Waals surface area contributed by atoms with Crippen molar-refractivity contribution in [2.24, 2.45) is 0 Å². The highest BCUT2D eigenvalue weighted by Crippen LogP contribution is 2.29. The molecule has 0 aliphatic carbocycles. The Morgan fingerprint density at radius 1 is 1.07 bits per heavy atom. The number of methoxy groups -OCH3 is 1. The van der Waals surface area contributed by atoms with Crippen LogP contribution >= 0.6 is 12.2 Å². The van der Waals surface area contributed by atoms with Gasteiger partial charge in [0.2, 0.25) is 0 Å². The molecule has 28 heavy (non-hydrogen) atoms. The highest BCUT2D eigenvalue weighted by molar-refractivity contribution is 7.80. The van der Waals surface area contributed by atoms with Crippen molar-refractivity contribution in [1.29, 1.82) is 0 Å². The van der Waals surface area contributed by atoms with E-state index in [9.17, 15) is 4.79 Å². The second kappa shape index (κ2) is 10.0. The molecule has 7 nitrogen and oxygen atoms in total. The van der Waals surface area contributed by atoms with Gasteiger partial charge in [-0.25, -0.2) is 0 Å². The average Bonchev–Trinajstić information content (AvgIpc) is 2.77. The van der Waals surface area contributed by atoms with E-state index in [1.807, 2.05) is 18.2 Å². The monoisotopic (exact) mass is 407 g/mol. The predicted octanol–water partition coefficient (Wildman–Crippen LogP) is 1.25. The molecule has 2 fully saturated rings. The van der Waals surface area contributed by atoms with Crippen molar-refractivity contribution in [2.75, 3.05) is 72.7 Å². The molecule has 0 atom stereocenters. The largest absolute Gasteiger partial charge is 0.493 e. The van der Waals surface area contributed by atoms with Crippen LogP contribution in [-0.4, -0.2) is 98.3 Å². The van der Waals surface area contributed by atoms with Crippen molar-refractivity contribution in [2.45, 2.75) is 6.92 Å². The zero-order chi connectivity index (χ0) is 19.9. The Labute approximate surface area is 172 Å². The molecule has 1 aromatic rings. The van der Waals surface area contributed by atoms with Gasteiger partial charge < -0.3 is 28.9 Å². The van der Waals surface area contributed by atoms with Crippen LogP contribution in [0.5, 0.6) is 11.5 Å². The third kappa shape index (κ3) is 5.12. The lowest BCUT2D eigenvalue weighted by atomic mass is 10.1. The first-order valence-electron chi connectivity index (χ1n) is 9.80. The third-order valence-electron chi connectivity index (χ3n) is 5.23. The lowest BCUT2D eigenvalue weighted by Gasteiger charge is -2.35. The Bertz CT molecular complexity index is 686. The number of ether oxygens (including phenoxy) is 3. The summed E-state index contributed by atoms with van der Waals surface area (Å²) in [7, 11) is 1.60. The molecule has 0 unspecified atom stereocenters. The molecular formula is C20H29N3O4S. The molecule has 1 amide bonds. The predicted molar refractivity (Wildman–Crippen MR) is 111 cm³/mol. The molecule has 154 valence electrons. The topological polar surface area (TPSA) is 54.5 Å². The lowest BCUT2D eigenvalue weighted by Crippen LogP contribution is -2.48. The number of carbonyl (C=O) groups excluding carboxylic acids is 1. The summed E-state index contributed by atoms with van der Waals surface area (Å²) in [5.41, 5.74) is 0.934. The lowest BCUT2D eigenvalue weighted by molar-refractivity contribution is -0.137. The van der Waals surface area contributed by atoms with Gasteiger partial charge in [0.25, 0.3) is 5.91 Å². The van der Waals surface area contributed by atoms with Crippen LogP contribution in [0, 0.1) is 0 Å². The molecule has 0 radical (unpaired) electrons. The van der Waals surface area contributed by atoms with Crippen LogP contribution < -0.4 is 9.47 Å². The molecule has 2 aliphatic heterocycles. The van der Waals surface area contributed by atoms with Crippen molar-refractivity contribution in [3.05, 3.63) is 23.8 Å². The molecule has 2 heterocycles. The minimum atomic E-state index is -0.0428. The summed E-state index contributed by atoms with van der Waals surface area (Å²) in [4.78, 5) is 19.5. The van der Waals surface area contributed by atoms with Gasteiger partial charge >= 0.3 is 0 Å². The Morgan fingerprint density at radius 3 is 2.43 bits per heavy atom. The highest BCUT2D eigenvalue weighted by Gasteiger charge is 2.21. The van der Waals surface area contributed by atoms with E-state index in [0.717, 1.165) is 43.3 Å². The van der Waals surface area contributed by atoms with Crippen LogP contribution in [0.3, 0.4) is 0 Å². The van der Waals surface area contributed by atoms with Crippen molar-refractivity contribution in [1.82, 2.24) is 14.7 Å². The number of amides is 1. The molecule has 3 rings (SSSR count). The maximum Gasteiger partial charge on any atom is 0.260 e. The molecule has 0 saturated carbocycles. The number of piperazine rings is 1. The van der Waals surface area contributed by atoms with Crippen LogP contribution in [-0.2, 0) is 9.53 Å². The van der Waals surface area contributed by atoms with Crippen LogP contribution in [0.4, 0.5) is 0 Å². The normalized spacial score (nSPS) is 18.1. The Kier molecular flexibility index (Phi) is 7.47. The number of nitrogens with zero attached hydrogens (tertiary/aromatic N) is 3. The van der Waals surface area contributed by atoms with Crippen LogP contribution in [0.1, 0.15) is 12.5 Å². The van der Waals surface area contributed by atoms with Gasteiger partial charge in [0.05, 0.1) is 20.3 Å². The van der Waals surface area contributed by atoms with E-state index in [1.165, 1.54) is 0 Å². The van der Waals surface area contributed by atoms with Crippen molar-refractivity contribution in [3.63, 3.8) is 0 Å². The Hall–Kier alpha value is -1.90. The fourth-order valence-corrected chi connectivity index (χ4v) is 3.72. The second-order valence-electron chi connectivity index (χ2n) is 6.87. The smallest absolute Gasteiger partial charge is 0.260 e. The van der Waals surface area contributed by atoms with Gasteiger partial charge in [-0.15, -0.1) is 0 Å². The number of thiocarbonyl (C=S) groups is 1. The summed E-state index contributed by atoms with van der Waals surface area (Å²) in [5, 5.41) is 0. The third-order valence-corrected chi connectivity index (χ3v) is 5.73. The SMILES string of the molecule is CCN1CCN(C(=S)c2ccc(OCC(=O)N3CCOCC3)c(OC)c2)CC1. The van der Waals surface area contributed by atoms with Gasteiger partial charge in [0, 0.05) is 44.8 Å². The van der Waals surface area contributed by atoms with E-state index < -0.39 is 0 Å². The molecule has 8 heteroatoms. The van der Waals surface area contributed by atoms with Gasteiger partial charge in [0.15, 0.2) is 18.1 Å². The van der Waals surface area contributed by atoms with E-state index in [-0.39, 0.29) is 12.5 Å². The van der Waals surface area contributed by atoms with Crippen molar-refractivity contribution < 1.29 is 19.0 Å². The summed E-state index contributed by atoms with van der Waals surface area (Å²) in [6, 6.07) is 5.66. The molecule has 0 spiro atoms. The van der Waals surface area contributed by atoms with Crippen LogP contribution in [0.15, 0.2) is 18.2 Å². The van der Waals surface area contributed by atoms with E-state index in [2.05, 4.69) is 16.7 Å². The van der Waals surface area contributed by atoms with E-state index in [1.54, 1.807) is 12.0 Å². The molecular weight excluding hydrogens is 378 g/mol. The van der Waals surface area contributed by atoms with Crippen molar-refractivity contribution >= 4 is 23.1 Å². The zero-order valence-corrected chi connectivity index (χ0v) is 17.5. The number of rotatable bonds is 6. The number of hydrogen-bond donors (Lipinski definition) is 0. The van der Waals surface area contributed by atoms with Gasteiger partial charge in [0.1, 0.15) is 4.99 Å². The zero-order valence-electron chi connectivity index (χ0n) is 16.7. The number of benzene rings is 1. The Morgan fingerprint density at radius 2 is 1.79 bits per heavy atom. The van der Waals surface area contributed by atoms with Crippen LogP contribution in [0.25, 0.3) is 0 Å². The number of morpholine rings is 1. The number of hydrogen-bond acceptors (Lipinski definition) is 6. The molecule has 2 aliphatic rings. The fourth-order valence-electron chi connectivity index (χ4n) is 3.41. The van der Waals surface area contributed by atoms with E-state index >= 15 is 0 Å². The van der Waals surface area contributed by atoms with Gasteiger partial charge in [-0.2, -0.15) is 0 Å². The van der Waals surface area contributed by atoms with Gasteiger partial charge in [-0.05, 0) is 24.7 Å². The minimum absolute atomic E-state index is 0.0148. The summed E-state index contributed by atoms with van der Waals surface area (Å²) in [6.45, 7) is 9.53. The van der Waals surface area contributed by atoms with Crippen molar-refractivity contribution in [3.8, 4) is 11.5 Å². The van der Waals surface area contributed by atoms with E-state index in [4.69, 9.17) is 26.4 Å².